The molecule has 20 heavy (non-hydrogen) atoms. The Morgan fingerprint density at radius 2 is 2.15 bits per heavy atom. The van der Waals surface area contributed by atoms with E-state index >= 15 is 0 Å². The van der Waals surface area contributed by atoms with Crippen molar-refractivity contribution in [3.63, 3.8) is 0 Å². The van der Waals surface area contributed by atoms with E-state index < -0.39 is 5.97 Å². The molecule has 1 aliphatic rings. The summed E-state index contributed by atoms with van der Waals surface area (Å²) in [5.74, 6) is 2.03. The lowest BCUT2D eigenvalue weighted by Gasteiger charge is -2.35. The van der Waals surface area contributed by atoms with Crippen molar-refractivity contribution in [3.8, 4) is 0 Å². The van der Waals surface area contributed by atoms with E-state index in [4.69, 9.17) is 4.98 Å². The number of hydrogen-bond acceptors (Lipinski definition) is 4. The Bertz CT molecular complexity index is 511. The van der Waals surface area contributed by atoms with Crippen LogP contribution in [0.15, 0.2) is 12.1 Å². The summed E-state index contributed by atoms with van der Waals surface area (Å²) in [4.78, 5) is 18.3. The Morgan fingerprint density at radius 3 is 2.70 bits per heavy atom. The zero-order valence-electron chi connectivity index (χ0n) is 12.5. The van der Waals surface area contributed by atoms with Crippen LogP contribution in [-0.2, 0) is 5.41 Å². The van der Waals surface area contributed by atoms with Crippen molar-refractivity contribution in [1.82, 2.24) is 4.98 Å². The van der Waals surface area contributed by atoms with E-state index in [-0.39, 0.29) is 5.41 Å². The number of pyridine rings is 1. The second-order valence-corrected chi connectivity index (χ2v) is 7.42. The maximum atomic E-state index is 11.3. The number of thioether (sulfide) groups is 1. The lowest BCUT2D eigenvalue weighted by molar-refractivity contribution is 0.0696. The van der Waals surface area contributed by atoms with Crippen molar-refractivity contribution in [2.24, 2.45) is 0 Å². The summed E-state index contributed by atoms with van der Waals surface area (Å²) in [6.45, 7) is 9.25. The van der Waals surface area contributed by atoms with E-state index in [9.17, 15) is 9.90 Å². The molecule has 2 rings (SSSR count). The molecule has 1 aliphatic heterocycles. The lowest BCUT2D eigenvalue weighted by atomic mass is 9.90. The zero-order valence-corrected chi connectivity index (χ0v) is 13.3. The highest BCUT2D eigenvalue weighted by molar-refractivity contribution is 7.99. The topological polar surface area (TPSA) is 53.4 Å². The average molecular weight is 294 g/mol. The highest BCUT2D eigenvalue weighted by Gasteiger charge is 2.24. The van der Waals surface area contributed by atoms with E-state index in [1.165, 1.54) is 0 Å². The van der Waals surface area contributed by atoms with Gasteiger partial charge in [0.15, 0.2) is 0 Å². The summed E-state index contributed by atoms with van der Waals surface area (Å²) < 4.78 is 0. The number of nitrogens with zero attached hydrogens (tertiary/aromatic N) is 2. The molecule has 1 aromatic heterocycles. The standard InChI is InChI=1S/C15H22N2O2S/c1-10-9-20-6-5-17(10)13-8-11(14(18)19)7-12(16-13)15(2,3)4/h7-8,10H,5-6,9H2,1-4H3,(H,18,19). The zero-order chi connectivity index (χ0) is 14.9. The van der Waals surface area contributed by atoms with Gasteiger partial charge in [0, 0.05) is 35.2 Å². The number of carboxylic acids is 1. The van der Waals surface area contributed by atoms with Crippen molar-refractivity contribution < 1.29 is 9.90 Å². The smallest absolute Gasteiger partial charge is 0.335 e. The van der Waals surface area contributed by atoms with E-state index in [1.54, 1.807) is 12.1 Å². The average Bonchev–Trinajstić information content (AvgIpc) is 2.37. The van der Waals surface area contributed by atoms with Gasteiger partial charge in [-0.1, -0.05) is 20.8 Å². The molecule has 0 amide bonds. The lowest BCUT2D eigenvalue weighted by Crippen LogP contribution is -2.41. The van der Waals surface area contributed by atoms with Crippen LogP contribution in [0, 0.1) is 0 Å². The molecule has 0 saturated carbocycles. The van der Waals surface area contributed by atoms with Crippen LogP contribution in [-0.4, -0.2) is 40.2 Å². The largest absolute Gasteiger partial charge is 0.478 e. The molecule has 0 aromatic carbocycles. The minimum atomic E-state index is -0.891. The number of aromatic nitrogens is 1. The first-order valence-corrected chi connectivity index (χ1v) is 8.05. The molecule has 110 valence electrons. The molecule has 0 spiro atoms. The van der Waals surface area contributed by atoms with Gasteiger partial charge in [-0.15, -0.1) is 0 Å². The van der Waals surface area contributed by atoms with Crippen molar-refractivity contribution in [2.75, 3.05) is 23.0 Å². The third-order valence-corrected chi connectivity index (χ3v) is 4.68. The molecule has 1 saturated heterocycles. The molecule has 2 heterocycles. The minimum Gasteiger partial charge on any atom is -0.478 e. The van der Waals surface area contributed by atoms with Gasteiger partial charge >= 0.3 is 5.97 Å². The molecular weight excluding hydrogens is 272 g/mol. The van der Waals surface area contributed by atoms with Crippen LogP contribution < -0.4 is 4.90 Å². The Balaban J connectivity index is 2.46. The third-order valence-electron chi connectivity index (χ3n) is 3.49. The van der Waals surface area contributed by atoms with E-state index in [2.05, 4.69) is 32.6 Å². The fraction of sp³-hybridized carbons (Fsp3) is 0.600. The summed E-state index contributed by atoms with van der Waals surface area (Å²) in [6, 6.07) is 3.78. The summed E-state index contributed by atoms with van der Waals surface area (Å²) in [5, 5.41) is 9.31. The number of aromatic carboxylic acids is 1. The van der Waals surface area contributed by atoms with Gasteiger partial charge in [0.25, 0.3) is 0 Å². The predicted molar refractivity (Wildman–Crippen MR) is 84.0 cm³/mol. The van der Waals surface area contributed by atoms with Crippen LogP contribution in [0.4, 0.5) is 5.82 Å². The molecule has 0 radical (unpaired) electrons. The summed E-state index contributed by atoms with van der Waals surface area (Å²) in [5.41, 5.74) is 0.997. The highest BCUT2D eigenvalue weighted by Crippen LogP contribution is 2.28. The summed E-state index contributed by atoms with van der Waals surface area (Å²) in [6.07, 6.45) is 0. The number of anilines is 1. The van der Waals surface area contributed by atoms with E-state index in [0.29, 0.717) is 11.6 Å². The van der Waals surface area contributed by atoms with Gasteiger partial charge in [0.05, 0.1) is 5.56 Å². The maximum Gasteiger partial charge on any atom is 0.335 e. The van der Waals surface area contributed by atoms with Gasteiger partial charge < -0.3 is 10.0 Å². The number of rotatable bonds is 2. The molecule has 1 unspecified atom stereocenters. The Labute approximate surface area is 124 Å². The normalized spacial score (nSPS) is 20.0. The first-order chi connectivity index (χ1) is 9.29. The van der Waals surface area contributed by atoms with Gasteiger partial charge in [-0.2, -0.15) is 11.8 Å². The SMILES string of the molecule is CC1CSCCN1c1cc(C(=O)O)cc(C(C)(C)C)n1. The summed E-state index contributed by atoms with van der Waals surface area (Å²) in [7, 11) is 0. The first kappa shape index (κ1) is 15.2. The predicted octanol–water partition coefficient (Wildman–Crippen LogP) is 3.02. The van der Waals surface area contributed by atoms with Crippen LogP contribution >= 0.6 is 11.8 Å². The first-order valence-electron chi connectivity index (χ1n) is 6.89. The fourth-order valence-electron chi connectivity index (χ4n) is 2.24. The summed E-state index contributed by atoms with van der Waals surface area (Å²) >= 11 is 1.94. The van der Waals surface area contributed by atoms with Crippen LogP contribution in [0.3, 0.4) is 0 Å². The monoisotopic (exact) mass is 294 g/mol. The van der Waals surface area contributed by atoms with Crippen molar-refractivity contribution in [3.05, 3.63) is 23.4 Å². The molecule has 4 nitrogen and oxygen atoms in total. The Hall–Kier alpha value is -1.23. The van der Waals surface area contributed by atoms with Crippen LogP contribution in [0.1, 0.15) is 43.7 Å². The molecule has 1 N–H and O–H groups in total. The quantitative estimate of drug-likeness (QED) is 0.908. The molecule has 1 fully saturated rings. The van der Waals surface area contributed by atoms with Crippen molar-refractivity contribution >= 4 is 23.5 Å². The van der Waals surface area contributed by atoms with Crippen molar-refractivity contribution in [2.45, 2.75) is 39.2 Å². The second kappa shape index (κ2) is 5.64. The third kappa shape index (κ3) is 3.26. The van der Waals surface area contributed by atoms with Crippen LogP contribution in [0.5, 0.6) is 0 Å². The second-order valence-electron chi connectivity index (χ2n) is 6.27. The van der Waals surface area contributed by atoms with Crippen LogP contribution in [0.25, 0.3) is 0 Å². The Kier molecular flexibility index (Phi) is 4.28. The van der Waals surface area contributed by atoms with Gasteiger partial charge in [-0.3, -0.25) is 0 Å². The van der Waals surface area contributed by atoms with Gasteiger partial charge in [-0.05, 0) is 19.1 Å². The molecule has 5 heteroatoms. The molecular formula is C15H22N2O2S. The minimum absolute atomic E-state index is 0.159. The number of hydrogen-bond donors (Lipinski definition) is 1. The highest BCUT2D eigenvalue weighted by atomic mass is 32.2. The molecule has 0 bridgehead atoms. The number of carboxylic acid groups (broad SMARTS) is 1. The van der Waals surface area contributed by atoms with E-state index in [0.717, 1.165) is 29.6 Å². The van der Waals surface area contributed by atoms with Gasteiger partial charge in [0.2, 0.25) is 0 Å². The number of carbonyl (C=O) groups is 1. The Morgan fingerprint density at radius 1 is 1.45 bits per heavy atom. The van der Waals surface area contributed by atoms with E-state index in [1.807, 2.05) is 11.8 Å². The van der Waals surface area contributed by atoms with Crippen molar-refractivity contribution in [1.29, 1.82) is 0 Å². The van der Waals surface area contributed by atoms with Gasteiger partial charge in [-0.25, -0.2) is 9.78 Å². The maximum absolute atomic E-state index is 11.3. The molecule has 1 aromatic rings. The molecule has 0 aliphatic carbocycles. The molecule has 1 atom stereocenters. The van der Waals surface area contributed by atoms with Gasteiger partial charge in [0.1, 0.15) is 5.82 Å². The fourth-order valence-corrected chi connectivity index (χ4v) is 3.25. The van der Waals surface area contributed by atoms with Crippen LogP contribution in [0.2, 0.25) is 0 Å².